The molecule has 0 unspecified atom stereocenters. The Kier molecular flexibility index (Phi) is 2.29. The van der Waals surface area contributed by atoms with E-state index < -0.39 is 0 Å². The fourth-order valence-corrected chi connectivity index (χ4v) is 1.43. The maximum Gasteiger partial charge on any atom is 0.193 e. The van der Waals surface area contributed by atoms with E-state index in [4.69, 9.17) is 0 Å². The van der Waals surface area contributed by atoms with Gasteiger partial charge < -0.3 is 4.89 Å². The summed E-state index contributed by atoms with van der Waals surface area (Å²) < 4.78 is 10.2. The molecule has 1 aliphatic rings. The fourth-order valence-electron chi connectivity index (χ4n) is 0.556. The Morgan fingerprint density at radius 3 is 2.78 bits per heavy atom. The smallest absolute Gasteiger partial charge is 0.193 e. The lowest BCUT2D eigenvalue weighted by Gasteiger charge is -1.95. The van der Waals surface area contributed by atoms with Crippen LogP contribution in [0.15, 0.2) is 23.5 Å². The summed E-state index contributed by atoms with van der Waals surface area (Å²) in [5.41, 5.74) is 0. The van der Waals surface area contributed by atoms with Crippen molar-refractivity contribution in [2.24, 2.45) is 0 Å². The Bertz CT molecular complexity index is 215. The molecule has 0 atom stereocenters. The van der Waals surface area contributed by atoms with Gasteiger partial charge in [0.25, 0.3) is 0 Å². The lowest BCUT2D eigenvalue weighted by Crippen LogP contribution is -1.88. The Labute approximate surface area is 56.0 Å². The minimum atomic E-state index is -0.0635. The van der Waals surface area contributed by atoms with Crippen molar-refractivity contribution in [2.75, 3.05) is 0 Å². The van der Waals surface area contributed by atoms with Crippen LogP contribution in [0.2, 0.25) is 0 Å². The van der Waals surface area contributed by atoms with Gasteiger partial charge >= 0.3 is 0 Å². The molecule has 1 rings (SSSR count). The van der Waals surface area contributed by atoms with E-state index >= 15 is 0 Å². The summed E-state index contributed by atoms with van der Waals surface area (Å²) in [6.45, 7) is 0. The molecule has 4 heteroatoms. The van der Waals surface area contributed by atoms with Crippen LogP contribution < -0.4 is 4.89 Å². The van der Waals surface area contributed by atoms with Gasteiger partial charge in [-0.25, -0.2) is 8.43 Å². The van der Waals surface area contributed by atoms with E-state index in [0.717, 1.165) is 0 Å². The second kappa shape index (κ2) is 3.03. The molecule has 0 heterocycles. The first-order valence-corrected chi connectivity index (χ1v) is 3.93. The van der Waals surface area contributed by atoms with Gasteiger partial charge in [-0.05, 0) is 11.4 Å². The van der Waals surface area contributed by atoms with Gasteiger partial charge in [-0.2, -0.15) is 0 Å². The highest BCUT2D eigenvalue weighted by Gasteiger charge is 2.02. The van der Waals surface area contributed by atoms with Crippen molar-refractivity contribution in [3.63, 3.8) is 0 Å². The Morgan fingerprint density at radius 2 is 2.33 bits per heavy atom. The minimum Gasteiger partial charge on any atom is -0.805 e. The molecule has 9 heavy (non-hydrogen) atoms. The summed E-state index contributed by atoms with van der Waals surface area (Å²) in [6, 6.07) is 0. The maximum absolute atomic E-state index is 10.2. The molecule has 0 aliphatic heterocycles. The highest BCUT2D eigenvalue weighted by Crippen LogP contribution is 2.21. The van der Waals surface area contributed by atoms with Gasteiger partial charge in [-0.15, -0.1) is 0 Å². The Balaban J connectivity index is 2.91. The summed E-state index contributed by atoms with van der Waals surface area (Å²) in [4.78, 5) is 10.2. The molecule has 1 aliphatic carbocycles. The summed E-state index contributed by atoms with van der Waals surface area (Å²) in [5.74, 6) is 0. The predicted molar refractivity (Wildman–Crippen MR) is 36.8 cm³/mol. The van der Waals surface area contributed by atoms with E-state index in [9.17, 15) is 9.46 Å². The topological polar surface area (TPSA) is 40.1 Å². The zero-order valence-electron chi connectivity index (χ0n) is 4.44. The normalized spacial score (nSPS) is 21.4. The second-order valence-corrected chi connectivity index (χ2v) is 2.81. The van der Waals surface area contributed by atoms with E-state index in [-0.39, 0.29) is 16.9 Å². The van der Waals surface area contributed by atoms with Crippen LogP contribution in [0.3, 0.4) is 0 Å². The zero-order valence-corrected chi connectivity index (χ0v) is 6.23. The van der Waals surface area contributed by atoms with Crippen LogP contribution in [0.1, 0.15) is 0 Å². The molecule has 46 valence electrons. The minimum absolute atomic E-state index is 0.0635. The molecule has 0 saturated heterocycles. The lowest BCUT2D eigenvalue weighted by atomic mass is 10.5. The average molecular weight is 157 g/mol. The molecule has 0 fully saturated rings. The summed E-state index contributed by atoms with van der Waals surface area (Å²) in [5, 5.41) is 1.21. The van der Waals surface area contributed by atoms with Gasteiger partial charge in [0.05, 0.1) is 5.31 Å². The molecular weight excluding hydrogens is 154 g/mol. The third-order valence-corrected chi connectivity index (χ3v) is 2.32. The predicted octanol–water partition coefficient (Wildman–Crippen LogP) is 1.13. The largest absolute Gasteiger partial charge is 0.805 e. The molecule has 0 saturated carbocycles. The zero-order chi connectivity index (χ0) is 6.69. The van der Waals surface area contributed by atoms with Gasteiger partial charge in [-0.1, -0.05) is 12.2 Å². The summed E-state index contributed by atoms with van der Waals surface area (Å²) in [6.07, 6.45) is 5.07. The first-order chi connectivity index (χ1) is 4.38. The van der Waals surface area contributed by atoms with Crippen LogP contribution in [0, 0.1) is 0 Å². The summed E-state index contributed by atoms with van der Waals surface area (Å²) in [7, 11) is -0.127. The second-order valence-electron chi connectivity index (χ2n) is 1.48. The van der Waals surface area contributed by atoms with E-state index in [1.807, 2.05) is 0 Å². The van der Waals surface area contributed by atoms with Crippen LogP contribution in [0.25, 0.3) is 0 Å². The van der Waals surface area contributed by atoms with Gasteiger partial charge in [0.1, 0.15) is 0 Å². The number of allylic oxidation sites excluding steroid dienone is 4. The van der Waals surface area contributed by atoms with Crippen molar-refractivity contribution in [3.05, 3.63) is 23.5 Å². The van der Waals surface area contributed by atoms with Crippen molar-refractivity contribution < 1.29 is 9.46 Å². The molecule has 2 nitrogen and oxygen atoms in total. The third-order valence-electron chi connectivity index (χ3n) is 0.967. The van der Waals surface area contributed by atoms with E-state index in [1.165, 1.54) is 0 Å². The van der Waals surface area contributed by atoms with Crippen LogP contribution in [0.4, 0.5) is 0 Å². The number of hydrogen-bond acceptors (Lipinski definition) is 2. The molecule has 0 aromatic heterocycles. The van der Waals surface area contributed by atoms with Gasteiger partial charge in [-0.3, -0.25) is 4.57 Å². The van der Waals surface area contributed by atoms with Gasteiger partial charge in [0, 0.05) is 0 Å². The van der Waals surface area contributed by atoms with Crippen LogP contribution in [-0.4, -0.2) is 5.29 Å². The standard InChI is InChI=1S/C5H3O2P2/c6-8-4-2-1-3-5(4)9-7/h1-3H/q-1. The third kappa shape index (κ3) is 1.34. The average Bonchev–Trinajstić information content (AvgIpc) is 2.33. The van der Waals surface area contributed by atoms with Crippen LogP contribution in [-0.2, 0) is 4.57 Å². The van der Waals surface area contributed by atoms with E-state index in [2.05, 4.69) is 0 Å². The molecular formula is C5H3O2P2-. The number of rotatable bonds is 1. The van der Waals surface area contributed by atoms with Crippen molar-refractivity contribution in [1.29, 1.82) is 0 Å². The SMILES string of the molecule is O=PC1=CC=CC1=P[O-]. The Morgan fingerprint density at radius 1 is 1.56 bits per heavy atom. The lowest BCUT2D eigenvalue weighted by molar-refractivity contribution is -0.144. The van der Waals surface area contributed by atoms with Crippen LogP contribution in [0.5, 0.6) is 0 Å². The van der Waals surface area contributed by atoms with Gasteiger partial charge in [0.2, 0.25) is 0 Å². The molecule has 0 bridgehead atoms. The molecule has 0 spiro atoms. The molecule has 0 aromatic carbocycles. The van der Waals surface area contributed by atoms with E-state index in [0.29, 0.717) is 10.6 Å². The molecule has 0 radical (unpaired) electrons. The van der Waals surface area contributed by atoms with Crippen molar-refractivity contribution in [1.82, 2.24) is 0 Å². The molecule has 0 N–H and O–H groups in total. The number of hydrogen-bond donors (Lipinski definition) is 0. The van der Waals surface area contributed by atoms with Gasteiger partial charge in [0.15, 0.2) is 8.46 Å². The fraction of sp³-hybridized carbons (Fsp3) is 0. The molecule has 0 aromatic rings. The van der Waals surface area contributed by atoms with E-state index in [1.54, 1.807) is 18.2 Å². The van der Waals surface area contributed by atoms with Crippen molar-refractivity contribution in [2.45, 2.75) is 0 Å². The van der Waals surface area contributed by atoms with Crippen molar-refractivity contribution >= 4 is 22.2 Å². The summed E-state index contributed by atoms with van der Waals surface area (Å²) >= 11 is 0. The van der Waals surface area contributed by atoms with Crippen LogP contribution >= 0.6 is 16.9 Å². The highest BCUT2D eigenvalue weighted by molar-refractivity contribution is 7.42. The highest BCUT2D eigenvalue weighted by atomic mass is 31.1. The monoisotopic (exact) mass is 157 g/mol. The quantitative estimate of drug-likeness (QED) is 0.535. The molecule has 0 amide bonds. The Hall–Kier alpha value is -0.290. The maximum atomic E-state index is 10.2. The first kappa shape index (κ1) is 6.82. The first-order valence-electron chi connectivity index (χ1n) is 2.31. The van der Waals surface area contributed by atoms with Crippen molar-refractivity contribution in [3.8, 4) is 0 Å².